The van der Waals surface area contributed by atoms with Gasteiger partial charge in [0.05, 0.1) is 6.61 Å². The highest BCUT2D eigenvalue weighted by Crippen LogP contribution is 2.19. The molecule has 112 valence electrons. The van der Waals surface area contributed by atoms with E-state index in [2.05, 4.69) is 10.0 Å². The maximum absolute atomic E-state index is 12.2. The molecule has 2 saturated heterocycles. The molecule has 2 aliphatic rings. The Morgan fingerprint density at radius 3 is 2.47 bits per heavy atom. The zero-order valence-corrected chi connectivity index (χ0v) is 12.4. The lowest BCUT2D eigenvalue weighted by Gasteiger charge is -2.31. The summed E-state index contributed by atoms with van der Waals surface area (Å²) in [5.41, 5.74) is 0. The lowest BCUT2D eigenvalue weighted by molar-refractivity contribution is 0.186. The Balaban J connectivity index is 1.76. The Kier molecular flexibility index (Phi) is 5.58. The van der Waals surface area contributed by atoms with E-state index >= 15 is 0 Å². The van der Waals surface area contributed by atoms with Crippen LogP contribution in [0.25, 0.3) is 0 Å². The molecule has 2 heterocycles. The largest absolute Gasteiger partial charge is 0.381 e. The van der Waals surface area contributed by atoms with E-state index in [1.165, 1.54) is 0 Å². The van der Waals surface area contributed by atoms with Crippen LogP contribution in [0.2, 0.25) is 0 Å². The first-order valence-electron chi connectivity index (χ1n) is 7.09. The van der Waals surface area contributed by atoms with Crippen molar-refractivity contribution < 1.29 is 13.2 Å². The van der Waals surface area contributed by atoms with Crippen molar-refractivity contribution in [1.82, 2.24) is 14.3 Å². The average molecular weight is 291 g/mol. The second-order valence-electron chi connectivity index (χ2n) is 5.48. The van der Waals surface area contributed by atoms with Gasteiger partial charge in [-0.15, -0.1) is 0 Å². The minimum absolute atomic E-state index is 0.330. The van der Waals surface area contributed by atoms with E-state index in [0.717, 1.165) is 32.4 Å². The Bertz CT molecular complexity index is 360. The Morgan fingerprint density at radius 1 is 1.16 bits per heavy atom. The molecule has 0 bridgehead atoms. The molecule has 0 aliphatic carbocycles. The van der Waals surface area contributed by atoms with Crippen LogP contribution in [0.15, 0.2) is 0 Å². The SMILES string of the molecule is CNCC1CCN(S(=O)(=O)NCC2CCOC2)CC1. The summed E-state index contributed by atoms with van der Waals surface area (Å²) >= 11 is 0. The average Bonchev–Trinajstić information content (AvgIpc) is 2.91. The van der Waals surface area contributed by atoms with Crippen LogP contribution in [0.1, 0.15) is 19.3 Å². The standard InChI is InChI=1S/C12H25N3O3S/c1-13-8-11-2-5-15(6-3-11)19(16,17)14-9-12-4-7-18-10-12/h11-14H,2-10H2,1H3. The van der Waals surface area contributed by atoms with Crippen molar-refractivity contribution in [3.63, 3.8) is 0 Å². The second-order valence-corrected chi connectivity index (χ2v) is 7.24. The maximum Gasteiger partial charge on any atom is 0.279 e. The number of nitrogens with one attached hydrogen (secondary N) is 2. The van der Waals surface area contributed by atoms with Crippen molar-refractivity contribution in [2.24, 2.45) is 11.8 Å². The lowest BCUT2D eigenvalue weighted by atomic mass is 9.98. The fraction of sp³-hybridized carbons (Fsp3) is 1.00. The molecule has 0 aromatic rings. The van der Waals surface area contributed by atoms with E-state index in [4.69, 9.17) is 4.74 Å². The van der Waals surface area contributed by atoms with Crippen LogP contribution in [-0.2, 0) is 14.9 Å². The molecule has 0 radical (unpaired) electrons. The third-order valence-electron chi connectivity index (χ3n) is 3.98. The van der Waals surface area contributed by atoms with Crippen molar-refractivity contribution >= 4 is 10.2 Å². The first kappa shape index (κ1) is 15.2. The summed E-state index contributed by atoms with van der Waals surface area (Å²) in [6.07, 6.45) is 2.83. The van der Waals surface area contributed by atoms with Gasteiger partial charge in [-0.25, -0.2) is 4.72 Å². The molecule has 6 nitrogen and oxygen atoms in total. The molecule has 0 aromatic carbocycles. The quantitative estimate of drug-likeness (QED) is 0.710. The summed E-state index contributed by atoms with van der Waals surface area (Å²) in [7, 11) is -1.36. The fourth-order valence-corrected chi connectivity index (χ4v) is 4.02. The van der Waals surface area contributed by atoms with E-state index in [1.54, 1.807) is 4.31 Å². The van der Waals surface area contributed by atoms with Crippen LogP contribution in [0.5, 0.6) is 0 Å². The topological polar surface area (TPSA) is 70.7 Å². The van der Waals surface area contributed by atoms with E-state index in [0.29, 0.717) is 38.1 Å². The Morgan fingerprint density at radius 2 is 1.89 bits per heavy atom. The van der Waals surface area contributed by atoms with Gasteiger partial charge in [-0.3, -0.25) is 0 Å². The highest BCUT2D eigenvalue weighted by Gasteiger charge is 2.28. The smallest absolute Gasteiger partial charge is 0.279 e. The summed E-state index contributed by atoms with van der Waals surface area (Å²) < 4.78 is 33.9. The monoisotopic (exact) mass is 291 g/mol. The van der Waals surface area contributed by atoms with Gasteiger partial charge in [0.15, 0.2) is 0 Å². The molecule has 0 saturated carbocycles. The molecule has 0 aromatic heterocycles. The molecule has 2 rings (SSSR count). The van der Waals surface area contributed by atoms with E-state index in [9.17, 15) is 8.42 Å². The third-order valence-corrected chi connectivity index (χ3v) is 5.56. The zero-order valence-electron chi connectivity index (χ0n) is 11.6. The number of nitrogens with zero attached hydrogens (tertiary/aromatic N) is 1. The molecule has 2 N–H and O–H groups in total. The second kappa shape index (κ2) is 6.99. The number of hydrogen-bond donors (Lipinski definition) is 2. The van der Waals surface area contributed by atoms with Crippen molar-refractivity contribution in [1.29, 1.82) is 0 Å². The minimum Gasteiger partial charge on any atom is -0.381 e. The molecule has 2 fully saturated rings. The zero-order chi connectivity index (χ0) is 13.7. The first-order chi connectivity index (χ1) is 9.12. The highest BCUT2D eigenvalue weighted by atomic mass is 32.2. The summed E-state index contributed by atoms with van der Waals surface area (Å²) in [6.45, 7) is 4.15. The molecular weight excluding hydrogens is 266 g/mol. The predicted octanol–water partition coefficient (Wildman–Crippen LogP) is -0.211. The van der Waals surface area contributed by atoms with Gasteiger partial charge in [0.2, 0.25) is 0 Å². The summed E-state index contributed by atoms with van der Waals surface area (Å²) in [5.74, 6) is 0.927. The van der Waals surface area contributed by atoms with Crippen LogP contribution in [-0.4, -0.2) is 59.2 Å². The van der Waals surface area contributed by atoms with Gasteiger partial charge in [0.25, 0.3) is 10.2 Å². The Labute approximate surface area is 116 Å². The van der Waals surface area contributed by atoms with E-state index in [-0.39, 0.29) is 0 Å². The summed E-state index contributed by atoms with van der Waals surface area (Å²) in [6, 6.07) is 0. The summed E-state index contributed by atoms with van der Waals surface area (Å²) in [4.78, 5) is 0. The number of rotatable bonds is 6. The van der Waals surface area contributed by atoms with Gasteiger partial charge in [-0.05, 0) is 44.7 Å². The molecule has 19 heavy (non-hydrogen) atoms. The molecule has 0 spiro atoms. The molecular formula is C12H25N3O3S. The van der Waals surface area contributed by atoms with Crippen LogP contribution in [0.3, 0.4) is 0 Å². The summed E-state index contributed by atoms with van der Waals surface area (Å²) in [5, 5.41) is 3.16. The Hall–Kier alpha value is -0.210. The van der Waals surface area contributed by atoms with Crippen molar-refractivity contribution in [2.75, 3.05) is 46.4 Å². The first-order valence-corrected chi connectivity index (χ1v) is 8.53. The lowest BCUT2D eigenvalue weighted by Crippen LogP contribution is -2.47. The highest BCUT2D eigenvalue weighted by molar-refractivity contribution is 7.87. The van der Waals surface area contributed by atoms with Crippen molar-refractivity contribution in [3.05, 3.63) is 0 Å². The number of piperidine rings is 1. The van der Waals surface area contributed by atoms with Crippen molar-refractivity contribution in [3.8, 4) is 0 Å². The molecule has 0 amide bonds. The molecule has 1 unspecified atom stereocenters. The number of hydrogen-bond acceptors (Lipinski definition) is 4. The van der Waals surface area contributed by atoms with Crippen LogP contribution in [0.4, 0.5) is 0 Å². The molecule has 2 aliphatic heterocycles. The third kappa shape index (κ3) is 4.39. The van der Waals surface area contributed by atoms with E-state index in [1.807, 2.05) is 7.05 Å². The van der Waals surface area contributed by atoms with Gasteiger partial charge in [0.1, 0.15) is 0 Å². The van der Waals surface area contributed by atoms with Crippen LogP contribution >= 0.6 is 0 Å². The maximum atomic E-state index is 12.2. The molecule has 1 atom stereocenters. The van der Waals surface area contributed by atoms with E-state index < -0.39 is 10.2 Å². The van der Waals surface area contributed by atoms with Gasteiger partial charge in [-0.1, -0.05) is 0 Å². The fourth-order valence-electron chi connectivity index (χ4n) is 2.70. The van der Waals surface area contributed by atoms with Crippen LogP contribution < -0.4 is 10.0 Å². The van der Waals surface area contributed by atoms with Gasteiger partial charge < -0.3 is 10.1 Å². The normalized spacial score (nSPS) is 26.9. The van der Waals surface area contributed by atoms with Crippen LogP contribution in [0, 0.1) is 11.8 Å². The predicted molar refractivity (Wildman–Crippen MR) is 74.1 cm³/mol. The van der Waals surface area contributed by atoms with Crippen molar-refractivity contribution in [2.45, 2.75) is 19.3 Å². The van der Waals surface area contributed by atoms with Gasteiger partial charge in [0, 0.05) is 26.2 Å². The number of ether oxygens (including phenoxy) is 1. The molecule has 7 heteroatoms. The van der Waals surface area contributed by atoms with Gasteiger partial charge >= 0.3 is 0 Å². The minimum atomic E-state index is -3.30. The van der Waals surface area contributed by atoms with Gasteiger partial charge in [-0.2, -0.15) is 12.7 Å².